The van der Waals surface area contributed by atoms with Gasteiger partial charge in [-0.2, -0.15) is 0 Å². The highest BCUT2D eigenvalue weighted by molar-refractivity contribution is 6.74. The molecule has 210 valence electrons. The Morgan fingerprint density at radius 3 is 1.84 bits per heavy atom. The van der Waals surface area contributed by atoms with Crippen molar-refractivity contribution in [3.8, 4) is 0 Å². The molecule has 1 aromatic rings. The number of carbonyl (C=O) groups excluding carboxylic acids is 2. The Labute approximate surface area is 231 Å². The first-order valence-electron chi connectivity index (χ1n) is 13.9. The second-order valence-corrected chi connectivity index (χ2v) is 23.8. The molecule has 1 saturated carbocycles. The second kappa shape index (κ2) is 9.80. The van der Waals surface area contributed by atoms with Crippen molar-refractivity contribution in [1.29, 1.82) is 0 Å². The molecule has 2 aliphatic carbocycles. The van der Waals surface area contributed by atoms with Crippen molar-refractivity contribution < 1.29 is 23.2 Å². The topological polar surface area (TPSA) is 65.1 Å². The highest BCUT2D eigenvalue weighted by atomic mass is 28.4. The van der Waals surface area contributed by atoms with Gasteiger partial charge < -0.3 is 13.6 Å². The van der Waals surface area contributed by atoms with Gasteiger partial charge in [0, 0.05) is 19.4 Å². The van der Waals surface area contributed by atoms with E-state index in [1.165, 1.54) is 4.90 Å². The summed E-state index contributed by atoms with van der Waals surface area (Å²) in [6.45, 7) is 22.5. The molecule has 1 aliphatic heterocycles. The third-order valence-electron chi connectivity index (χ3n) is 9.88. The number of fused-ring (bicyclic) bond motifs is 3. The van der Waals surface area contributed by atoms with E-state index in [2.05, 4.69) is 73.8 Å². The van der Waals surface area contributed by atoms with E-state index in [0.717, 1.165) is 5.57 Å². The minimum absolute atomic E-state index is 0.0178. The third-order valence-corrected chi connectivity index (χ3v) is 18.9. The maximum Gasteiger partial charge on any atom is 0.240 e. The summed E-state index contributed by atoms with van der Waals surface area (Å²) in [4.78, 5) is 29.4. The average molecular weight is 558 g/mol. The van der Waals surface area contributed by atoms with Gasteiger partial charge in [0.1, 0.15) is 0 Å². The van der Waals surface area contributed by atoms with Crippen molar-refractivity contribution in [2.24, 2.45) is 17.8 Å². The Bertz CT molecular complexity index is 1100. The van der Waals surface area contributed by atoms with Crippen molar-refractivity contribution in [3.63, 3.8) is 0 Å². The van der Waals surface area contributed by atoms with Crippen molar-refractivity contribution in [2.45, 2.75) is 103 Å². The van der Waals surface area contributed by atoms with Gasteiger partial charge in [-0.25, -0.2) is 4.90 Å². The van der Waals surface area contributed by atoms with Gasteiger partial charge in [-0.3, -0.25) is 9.59 Å². The van der Waals surface area contributed by atoms with Crippen molar-refractivity contribution >= 4 is 34.1 Å². The largest absolute Gasteiger partial charge is 0.413 e. The lowest BCUT2D eigenvalue weighted by molar-refractivity contribution is -0.126. The molecular formula is C30H47NO5Si2. The maximum absolute atomic E-state index is 14.2. The second-order valence-electron chi connectivity index (χ2n) is 14.3. The number of benzene rings is 1. The van der Waals surface area contributed by atoms with Gasteiger partial charge in [-0.05, 0) is 54.0 Å². The fourth-order valence-corrected chi connectivity index (χ4v) is 8.33. The maximum atomic E-state index is 14.2. The zero-order valence-corrected chi connectivity index (χ0v) is 27.1. The lowest BCUT2D eigenvalue weighted by Gasteiger charge is -2.42. The zero-order valence-electron chi connectivity index (χ0n) is 25.1. The van der Waals surface area contributed by atoms with Crippen LogP contribution in [0.2, 0.25) is 36.3 Å². The standard InChI is InChI=1S/C30H47NO5Si2/c1-29(2,3)37(8,9)35-21-18-23(36-38(10,11)30(4,5)6)24-20(21)17-22(34-7)25-26(24)28(33)31(27(25)32)19-15-13-12-14-16-19/h12-17,21-26H,18H2,1-11H3/t21-,22+,23+,24+,25+,26-/m1/s1. The number of amides is 2. The SMILES string of the molecule is CO[C@H]1C=C2[C@H]([C@H]3C(=O)N(c4ccccc4)C(=O)[C@H]31)[C@@H](O[Si](C)(C)C(C)(C)C)C[C@H]2O[Si](C)(C)C(C)(C)C. The molecule has 3 aliphatic rings. The smallest absolute Gasteiger partial charge is 0.240 e. The fraction of sp³-hybridized carbons (Fsp3) is 0.667. The normalized spacial score (nSPS) is 30.4. The van der Waals surface area contributed by atoms with Crippen LogP contribution < -0.4 is 4.90 Å². The van der Waals surface area contributed by atoms with Gasteiger partial charge in [0.15, 0.2) is 16.6 Å². The quantitative estimate of drug-likeness (QED) is 0.225. The van der Waals surface area contributed by atoms with Crippen LogP contribution in [0.3, 0.4) is 0 Å². The Kier molecular flexibility index (Phi) is 7.58. The lowest BCUT2D eigenvalue weighted by atomic mass is 9.72. The number of carbonyl (C=O) groups is 2. The Morgan fingerprint density at radius 1 is 0.789 bits per heavy atom. The Balaban J connectivity index is 1.80. The summed E-state index contributed by atoms with van der Waals surface area (Å²) >= 11 is 0. The van der Waals surface area contributed by atoms with E-state index in [4.69, 9.17) is 13.6 Å². The molecule has 0 unspecified atom stereocenters. The molecule has 38 heavy (non-hydrogen) atoms. The summed E-state index contributed by atoms with van der Waals surface area (Å²) in [5, 5.41) is 0.0620. The van der Waals surface area contributed by atoms with Gasteiger partial charge in [0.2, 0.25) is 11.8 Å². The number of imide groups is 1. The fourth-order valence-electron chi connectivity index (χ4n) is 5.68. The molecule has 2 fully saturated rings. The number of anilines is 1. The van der Waals surface area contributed by atoms with Crippen LogP contribution in [0.25, 0.3) is 0 Å². The first kappa shape index (κ1) is 29.4. The van der Waals surface area contributed by atoms with Crippen LogP contribution in [-0.4, -0.2) is 53.9 Å². The molecule has 6 atom stereocenters. The first-order valence-corrected chi connectivity index (χ1v) is 19.8. The Morgan fingerprint density at radius 2 is 1.32 bits per heavy atom. The number of hydrogen-bond acceptors (Lipinski definition) is 5. The van der Waals surface area contributed by atoms with Crippen LogP contribution in [0.5, 0.6) is 0 Å². The van der Waals surface area contributed by atoms with Gasteiger partial charge >= 0.3 is 0 Å². The van der Waals surface area contributed by atoms with Crippen LogP contribution in [0.4, 0.5) is 5.69 Å². The summed E-state index contributed by atoms with van der Waals surface area (Å²) in [6, 6.07) is 9.26. The summed E-state index contributed by atoms with van der Waals surface area (Å²) in [7, 11) is -2.67. The minimum atomic E-state index is -2.17. The van der Waals surface area contributed by atoms with Crippen molar-refractivity contribution in [1.82, 2.24) is 0 Å². The number of nitrogens with zero attached hydrogens (tertiary/aromatic N) is 1. The first-order chi connectivity index (χ1) is 17.4. The van der Waals surface area contributed by atoms with Gasteiger partial charge in [-0.1, -0.05) is 65.8 Å². The van der Waals surface area contributed by atoms with Gasteiger partial charge in [0.25, 0.3) is 0 Å². The molecule has 0 spiro atoms. The van der Waals surface area contributed by atoms with Crippen LogP contribution in [-0.2, 0) is 23.2 Å². The lowest BCUT2D eigenvalue weighted by Crippen LogP contribution is -2.48. The van der Waals surface area contributed by atoms with E-state index in [9.17, 15) is 9.59 Å². The van der Waals surface area contributed by atoms with Crippen LogP contribution in [0.15, 0.2) is 42.0 Å². The highest BCUT2D eigenvalue weighted by Gasteiger charge is 2.63. The molecule has 8 heteroatoms. The van der Waals surface area contributed by atoms with Crippen LogP contribution >= 0.6 is 0 Å². The zero-order chi connectivity index (χ0) is 28.4. The molecule has 1 saturated heterocycles. The summed E-state index contributed by atoms with van der Waals surface area (Å²) < 4.78 is 20.0. The minimum Gasteiger partial charge on any atom is -0.413 e. The van der Waals surface area contributed by atoms with E-state index in [1.807, 2.05) is 30.3 Å². The van der Waals surface area contributed by atoms with Gasteiger partial charge in [0.05, 0.1) is 35.8 Å². The predicted octanol–water partition coefficient (Wildman–Crippen LogP) is 6.55. The molecule has 4 rings (SSSR count). The van der Waals surface area contributed by atoms with Crippen LogP contribution in [0, 0.1) is 17.8 Å². The number of hydrogen-bond donors (Lipinski definition) is 0. The summed E-state index contributed by atoms with van der Waals surface area (Å²) in [6.07, 6.45) is 1.98. The number of rotatable bonds is 6. The molecule has 2 amide bonds. The molecule has 6 nitrogen and oxygen atoms in total. The number of methoxy groups -OCH3 is 1. The molecule has 0 bridgehead atoms. The van der Waals surface area contributed by atoms with Crippen molar-refractivity contribution in [3.05, 3.63) is 42.0 Å². The molecular weight excluding hydrogens is 511 g/mol. The van der Waals surface area contributed by atoms with Crippen molar-refractivity contribution in [2.75, 3.05) is 12.0 Å². The number of para-hydroxylation sites is 1. The van der Waals surface area contributed by atoms with E-state index < -0.39 is 34.6 Å². The molecule has 1 aromatic carbocycles. The van der Waals surface area contributed by atoms with E-state index in [0.29, 0.717) is 12.1 Å². The van der Waals surface area contributed by atoms with E-state index in [1.54, 1.807) is 7.11 Å². The summed E-state index contributed by atoms with van der Waals surface area (Å²) in [5.41, 5.74) is 1.70. The third kappa shape index (κ3) is 4.92. The number of ether oxygens (including phenoxy) is 1. The molecule has 0 radical (unpaired) electrons. The average Bonchev–Trinajstić information content (AvgIpc) is 3.25. The van der Waals surface area contributed by atoms with E-state index in [-0.39, 0.29) is 40.0 Å². The summed E-state index contributed by atoms with van der Waals surface area (Å²) in [5.74, 6) is -1.65. The van der Waals surface area contributed by atoms with Crippen LogP contribution in [0.1, 0.15) is 48.0 Å². The monoisotopic (exact) mass is 557 g/mol. The predicted molar refractivity (Wildman–Crippen MR) is 157 cm³/mol. The Hall–Kier alpha value is -1.59. The molecule has 0 N–H and O–H groups in total. The molecule has 0 aromatic heterocycles. The highest BCUT2D eigenvalue weighted by Crippen LogP contribution is 2.54. The van der Waals surface area contributed by atoms with Gasteiger partial charge in [-0.15, -0.1) is 0 Å². The van der Waals surface area contributed by atoms with E-state index >= 15 is 0 Å². The molecule has 1 heterocycles.